The molecule has 0 rings (SSSR count). The van der Waals surface area contributed by atoms with Gasteiger partial charge in [0, 0.05) is 45.3 Å². The highest BCUT2D eigenvalue weighted by molar-refractivity contribution is 5.84. The van der Waals surface area contributed by atoms with E-state index >= 15 is 0 Å². The number of carbonyl (C=O) groups excluding carboxylic acids is 5. The van der Waals surface area contributed by atoms with Crippen molar-refractivity contribution in [2.45, 2.75) is 174 Å². The first kappa shape index (κ1) is 52.5. The van der Waals surface area contributed by atoms with Gasteiger partial charge in [-0.15, -0.1) is 0 Å². The number of aliphatic carboxylic acids is 1. The molecule has 0 aromatic carbocycles. The molecule has 0 aliphatic carbocycles. The summed E-state index contributed by atoms with van der Waals surface area (Å²) in [5, 5.41) is 12.3. The molecular weight excluding hydrogens is 706 g/mol. The fourth-order valence-corrected chi connectivity index (χ4v) is 6.16. The van der Waals surface area contributed by atoms with Gasteiger partial charge in [0.2, 0.25) is 5.91 Å². The van der Waals surface area contributed by atoms with Gasteiger partial charge in [0.15, 0.2) is 11.6 Å². The molecule has 12 heteroatoms. The number of nitrogens with one attached hydrogen (secondary N) is 1. The zero-order valence-corrected chi connectivity index (χ0v) is 34.6. The Labute approximate surface area is 332 Å². The molecule has 1 amide bonds. The lowest BCUT2D eigenvalue weighted by Gasteiger charge is -2.12. The highest BCUT2D eigenvalue weighted by Crippen LogP contribution is 2.17. The molecule has 0 saturated carbocycles. The van der Waals surface area contributed by atoms with Crippen molar-refractivity contribution in [3.05, 3.63) is 0 Å². The summed E-state index contributed by atoms with van der Waals surface area (Å²) < 4.78 is 21.2. The van der Waals surface area contributed by atoms with Crippen LogP contribution >= 0.6 is 0 Å². The van der Waals surface area contributed by atoms with E-state index in [1.807, 2.05) is 0 Å². The number of rotatable bonds is 44. The third kappa shape index (κ3) is 40.9. The predicted octanol–water partition coefficient (Wildman–Crippen LogP) is 7.94. The average Bonchev–Trinajstić information content (AvgIpc) is 3.14. The van der Waals surface area contributed by atoms with Crippen molar-refractivity contribution in [1.82, 2.24) is 5.32 Å². The lowest BCUT2D eigenvalue weighted by molar-refractivity contribution is -0.144. The minimum Gasteiger partial charge on any atom is -0.481 e. The first-order valence-electron chi connectivity index (χ1n) is 21.4. The summed E-state index contributed by atoms with van der Waals surface area (Å²) in [6, 6.07) is 0. The molecule has 0 aliphatic rings. The molecule has 55 heavy (non-hydrogen) atoms. The number of carbonyl (C=O) groups is 6. The summed E-state index contributed by atoms with van der Waals surface area (Å²) in [4.78, 5) is 69.9. The smallest absolute Gasteiger partial charge is 0.306 e. The molecule has 0 aromatic rings. The number of Topliss-reactive ketones (excluding diaryl/α,β-unsaturated/α-hetero) is 4. The van der Waals surface area contributed by atoms with Crippen LogP contribution in [0.5, 0.6) is 0 Å². The van der Waals surface area contributed by atoms with E-state index in [-0.39, 0.29) is 82.1 Å². The molecule has 0 saturated heterocycles. The van der Waals surface area contributed by atoms with Crippen LogP contribution in [0.4, 0.5) is 0 Å². The maximum atomic E-state index is 12.4. The van der Waals surface area contributed by atoms with Crippen molar-refractivity contribution in [1.29, 1.82) is 0 Å². The van der Waals surface area contributed by atoms with Crippen molar-refractivity contribution >= 4 is 35.0 Å². The lowest BCUT2D eigenvalue weighted by atomic mass is 9.94. The number of carboxylic acids is 1. The first-order chi connectivity index (χ1) is 26.6. The Morgan fingerprint density at radius 3 is 1.38 bits per heavy atom. The summed E-state index contributed by atoms with van der Waals surface area (Å²) in [7, 11) is 0. The quantitative estimate of drug-likeness (QED) is 0.0575. The lowest BCUT2D eigenvalue weighted by Crippen LogP contribution is -2.29. The minimum atomic E-state index is -1.05. The van der Waals surface area contributed by atoms with E-state index < -0.39 is 11.9 Å². The zero-order chi connectivity index (χ0) is 40.6. The Balaban J connectivity index is 3.62. The van der Waals surface area contributed by atoms with Gasteiger partial charge in [0.1, 0.15) is 24.8 Å². The van der Waals surface area contributed by atoms with Crippen LogP contribution in [0.25, 0.3) is 0 Å². The molecule has 12 nitrogen and oxygen atoms in total. The molecular formula is C43H77NO11. The largest absolute Gasteiger partial charge is 0.481 e. The molecule has 0 aliphatic heterocycles. The SMILES string of the molecule is CC(=O)CCCCCCCCCCCCCCCCCCCCC(=O)C[C@@H](CCC(=O)NCCOCCOCC(=O)CCCOCCOCC(C)=O)C(=O)O. The van der Waals surface area contributed by atoms with Crippen LogP contribution < -0.4 is 5.32 Å². The van der Waals surface area contributed by atoms with E-state index in [4.69, 9.17) is 18.9 Å². The van der Waals surface area contributed by atoms with Gasteiger partial charge < -0.3 is 34.2 Å². The van der Waals surface area contributed by atoms with Gasteiger partial charge in [-0.05, 0) is 39.5 Å². The average molecular weight is 784 g/mol. The standard InChI is InChI=1S/C43H77NO11/c1-37(45)22-19-17-15-13-11-9-7-5-3-4-6-8-10-12-14-16-18-20-23-40(47)34-39(43(50)51)25-26-42(49)44-27-29-53-31-33-55-36-41(48)24-21-28-52-30-32-54-35-38(2)46/h39H,3-36H2,1-2H3,(H,44,49)(H,50,51)/t39-/m1/s1. The third-order valence-corrected chi connectivity index (χ3v) is 9.40. The highest BCUT2D eigenvalue weighted by atomic mass is 16.5. The van der Waals surface area contributed by atoms with E-state index in [1.54, 1.807) is 6.92 Å². The van der Waals surface area contributed by atoms with Gasteiger partial charge in [-0.3, -0.25) is 24.0 Å². The van der Waals surface area contributed by atoms with Crippen molar-refractivity contribution in [3.8, 4) is 0 Å². The fraction of sp³-hybridized carbons (Fsp3) is 0.860. The van der Waals surface area contributed by atoms with Crippen LogP contribution in [0.15, 0.2) is 0 Å². The number of ketones is 4. The Kier molecular flexibility index (Phi) is 37.9. The topological polar surface area (TPSA) is 172 Å². The number of unbranched alkanes of at least 4 members (excludes halogenated alkanes) is 17. The van der Waals surface area contributed by atoms with E-state index in [0.717, 1.165) is 32.1 Å². The second kappa shape index (κ2) is 39.7. The summed E-state index contributed by atoms with van der Waals surface area (Å²) in [6.07, 6.45) is 24.1. The van der Waals surface area contributed by atoms with E-state index in [9.17, 15) is 33.9 Å². The molecule has 0 heterocycles. The maximum Gasteiger partial charge on any atom is 0.306 e. The van der Waals surface area contributed by atoms with Gasteiger partial charge in [-0.25, -0.2) is 0 Å². The second-order valence-electron chi connectivity index (χ2n) is 14.9. The number of hydrogen-bond donors (Lipinski definition) is 2. The van der Waals surface area contributed by atoms with Gasteiger partial charge in [0.25, 0.3) is 0 Å². The van der Waals surface area contributed by atoms with Crippen LogP contribution in [0.1, 0.15) is 174 Å². The minimum absolute atomic E-state index is 0.00966. The van der Waals surface area contributed by atoms with Gasteiger partial charge >= 0.3 is 5.97 Å². The number of ether oxygens (including phenoxy) is 4. The molecule has 0 spiro atoms. The summed E-state index contributed by atoms with van der Waals surface area (Å²) in [5.41, 5.74) is 0. The van der Waals surface area contributed by atoms with Crippen molar-refractivity contribution < 1.29 is 52.8 Å². The summed E-state index contributed by atoms with van der Waals surface area (Å²) in [5.74, 6) is -2.01. The van der Waals surface area contributed by atoms with Crippen LogP contribution in [0.3, 0.4) is 0 Å². The van der Waals surface area contributed by atoms with Gasteiger partial charge in [-0.1, -0.05) is 103 Å². The number of hydrogen-bond acceptors (Lipinski definition) is 10. The van der Waals surface area contributed by atoms with Crippen LogP contribution in [0, 0.1) is 5.92 Å². The van der Waals surface area contributed by atoms with E-state index in [1.165, 1.54) is 96.8 Å². The molecule has 0 radical (unpaired) electrons. The zero-order valence-electron chi connectivity index (χ0n) is 34.6. The van der Waals surface area contributed by atoms with E-state index in [2.05, 4.69) is 5.32 Å². The molecule has 2 N–H and O–H groups in total. The number of carboxylic acid groups (broad SMARTS) is 1. The Hall–Kier alpha value is -2.54. The predicted molar refractivity (Wildman–Crippen MR) is 214 cm³/mol. The maximum absolute atomic E-state index is 12.4. The van der Waals surface area contributed by atoms with Gasteiger partial charge in [-0.2, -0.15) is 0 Å². The molecule has 0 fully saturated rings. The van der Waals surface area contributed by atoms with Crippen molar-refractivity contribution in [2.75, 3.05) is 59.4 Å². The second-order valence-corrected chi connectivity index (χ2v) is 14.9. The van der Waals surface area contributed by atoms with Crippen LogP contribution in [-0.4, -0.2) is 99.5 Å². The van der Waals surface area contributed by atoms with Gasteiger partial charge in [0.05, 0.1) is 39.0 Å². The van der Waals surface area contributed by atoms with Crippen molar-refractivity contribution in [3.63, 3.8) is 0 Å². The molecule has 1 atom stereocenters. The fourth-order valence-electron chi connectivity index (χ4n) is 6.16. The van der Waals surface area contributed by atoms with Crippen molar-refractivity contribution in [2.24, 2.45) is 5.92 Å². The summed E-state index contributed by atoms with van der Waals surface area (Å²) >= 11 is 0. The first-order valence-corrected chi connectivity index (χ1v) is 21.4. The molecule has 0 aromatic heterocycles. The number of amides is 1. The van der Waals surface area contributed by atoms with Crippen LogP contribution in [-0.2, 0) is 47.7 Å². The Morgan fingerprint density at radius 1 is 0.455 bits per heavy atom. The molecule has 0 bridgehead atoms. The monoisotopic (exact) mass is 784 g/mol. The summed E-state index contributed by atoms with van der Waals surface area (Å²) in [6.45, 7) is 5.36. The van der Waals surface area contributed by atoms with Crippen LogP contribution in [0.2, 0.25) is 0 Å². The van der Waals surface area contributed by atoms with E-state index in [0.29, 0.717) is 44.9 Å². The molecule has 320 valence electrons. The third-order valence-electron chi connectivity index (χ3n) is 9.40. The molecule has 0 unspecified atom stereocenters. The Bertz CT molecular complexity index is 1000. The Morgan fingerprint density at radius 2 is 0.891 bits per heavy atom. The normalized spacial score (nSPS) is 11.7. The highest BCUT2D eigenvalue weighted by Gasteiger charge is 2.22.